The van der Waals surface area contributed by atoms with E-state index in [0.29, 0.717) is 0 Å². The molecule has 0 saturated carbocycles. The molecule has 0 aromatic heterocycles. The third-order valence-corrected chi connectivity index (χ3v) is 3.49. The molecule has 0 radical (unpaired) electrons. The molecule has 0 bridgehead atoms. The monoisotopic (exact) mass is 298 g/mol. The largest absolute Gasteiger partial charge is 0.495 e. The number of carbonyl (C=O) groups excluding carboxylic acids is 1. The Kier molecular flexibility index (Phi) is 5.83. The molecule has 0 fully saturated rings. The van der Waals surface area contributed by atoms with Crippen molar-refractivity contribution >= 4 is 11.6 Å². The van der Waals surface area contributed by atoms with Crippen molar-refractivity contribution in [2.45, 2.75) is 19.4 Å². The zero-order chi connectivity index (χ0) is 15.8. The Labute approximate surface area is 131 Å². The summed E-state index contributed by atoms with van der Waals surface area (Å²) in [6, 6.07) is 17.6. The number of hydrogen-bond donors (Lipinski definition) is 2. The fraction of sp³-hybridized carbons (Fsp3) is 0.278. The van der Waals surface area contributed by atoms with Gasteiger partial charge in [0, 0.05) is 0 Å². The number of carbonyl (C=O) groups is 1. The predicted octanol–water partition coefficient (Wildman–Crippen LogP) is 3.37. The maximum Gasteiger partial charge on any atom is 0.239 e. The molecular formula is C18H22N2O2. The molecule has 22 heavy (non-hydrogen) atoms. The summed E-state index contributed by atoms with van der Waals surface area (Å²) in [5.74, 6) is 0.687. The number of amides is 1. The van der Waals surface area contributed by atoms with Crippen LogP contribution in [0.4, 0.5) is 5.69 Å². The topological polar surface area (TPSA) is 50.4 Å². The van der Waals surface area contributed by atoms with Gasteiger partial charge in [-0.05, 0) is 24.1 Å². The van der Waals surface area contributed by atoms with Crippen LogP contribution in [0.5, 0.6) is 5.75 Å². The van der Waals surface area contributed by atoms with Crippen molar-refractivity contribution in [2.75, 3.05) is 19.0 Å². The molecule has 0 saturated heterocycles. The quantitative estimate of drug-likeness (QED) is 0.824. The molecule has 0 aliphatic rings. The van der Waals surface area contributed by atoms with Crippen LogP contribution < -0.4 is 15.4 Å². The highest BCUT2D eigenvalue weighted by atomic mass is 16.5. The van der Waals surface area contributed by atoms with Crippen LogP contribution >= 0.6 is 0 Å². The van der Waals surface area contributed by atoms with Crippen molar-refractivity contribution in [3.05, 3.63) is 60.2 Å². The van der Waals surface area contributed by atoms with Crippen molar-refractivity contribution in [3.63, 3.8) is 0 Å². The van der Waals surface area contributed by atoms with Gasteiger partial charge in [0.15, 0.2) is 0 Å². The number of benzene rings is 2. The van der Waals surface area contributed by atoms with E-state index in [4.69, 9.17) is 4.74 Å². The number of methoxy groups -OCH3 is 1. The van der Waals surface area contributed by atoms with Crippen LogP contribution in [0.25, 0.3) is 0 Å². The van der Waals surface area contributed by atoms with Crippen LogP contribution in [0.3, 0.4) is 0 Å². The van der Waals surface area contributed by atoms with E-state index in [-0.39, 0.29) is 18.5 Å². The molecule has 116 valence electrons. The van der Waals surface area contributed by atoms with Gasteiger partial charge in [-0.1, -0.05) is 49.4 Å². The lowest BCUT2D eigenvalue weighted by molar-refractivity contribution is -0.120. The number of rotatable bonds is 7. The van der Waals surface area contributed by atoms with Crippen molar-refractivity contribution in [1.82, 2.24) is 5.32 Å². The normalized spacial score (nSPS) is 11.5. The van der Waals surface area contributed by atoms with E-state index < -0.39 is 0 Å². The van der Waals surface area contributed by atoms with Gasteiger partial charge in [-0.15, -0.1) is 0 Å². The Hall–Kier alpha value is -2.49. The predicted molar refractivity (Wildman–Crippen MR) is 89.1 cm³/mol. The smallest absolute Gasteiger partial charge is 0.239 e. The number of anilines is 1. The SMILES string of the molecule is CCC(NC(=O)CNc1ccccc1OC)c1ccccc1. The first-order chi connectivity index (χ1) is 10.7. The lowest BCUT2D eigenvalue weighted by Gasteiger charge is -2.18. The van der Waals surface area contributed by atoms with Crippen LogP contribution in [0.1, 0.15) is 24.9 Å². The third-order valence-electron chi connectivity index (χ3n) is 3.49. The molecule has 4 heteroatoms. The third kappa shape index (κ3) is 4.25. The molecule has 2 aromatic carbocycles. The Morgan fingerprint density at radius 3 is 2.45 bits per heavy atom. The summed E-state index contributed by atoms with van der Waals surface area (Å²) in [7, 11) is 1.61. The summed E-state index contributed by atoms with van der Waals surface area (Å²) < 4.78 is 5.25. The second kappa shape index (κ2) is 8.08. The van der Waals surface area contributed by atoms with Crippen LogP contribution in [-0.4, -0.2) is 19.6 Å². The zero-order valence-corrected chi connectivity index (χ0v) is 13.0. The fourth-order valence-electron chi connectivity index (χ4n) is 2.32. The number of hydrogen-bond acceptors (Lipinski definition) is 3. The molecule has 2 N–H and O–H groups in total. The zero-order valence-electron chi connectivity index (χ0n) is 13.0. The van der Waals surface area contributed by atoms with Crippen LogP contribution in [0.2, 0.25) is 0 Å². The second-order valence-corrected chi connectivity index (χ2v) is 4.99. The van der Waals surface area contributed by atoms with Gasteiger partial charge in [-0.25, -0.2) is 0 Å². The van der Waals surface area contributed by atoms with Crippen molar-refractivity contribution < 1.29 is 9.53 Å². The number of nitrogens with one attached hydrogen (secondary N) is 2. The molecule has 1 atom stereocenters. The summed E-state index contributed by atoms with van der Waals surface area (Å²) in [6.45, 7) is 2.27. The fourth-order valence-corrected chi connectivity index (χ4v) is 2.32. The van der Waals surface area contributed by atoms with Crippen LogP contribution in [0, 0.1) is 0 Å². The average molecular weight is 298 g/mol. The Balaban J connectivity index is 1.92. The molecular weight excluding hydrogens is 276 g/mol. The maximum atomic E-state index is 12.1. The van der Waals surface area contributed by atoms with E-state index in [2.05, 4.69) is 17.6 Å². The number of ether oxygens (including phenoxy) is 1. The summed E-state index contributed by atoms with van der Waals surface area (Å²) in [5.41, 5.74) is 1.93. The summed E-state index contributed by atoms with van der Waals surface area (Å²) in [4.78, 5) is 12.1. The molecule has 0 aliphatic heterocycles. The Morgan fingerprint density at radius 1 is 1.09 bits per heavy atom. The molecule has 2 rings (SSSR count). The summed E-state index contributed by atoms with van der Waals surface area (Å²) in [6.07, 6.45) is 0.852. The molecule has 0 aliphatic carbocycles. The van der Waals surface area contributed by atoms with Gasteiger partial charge in [0.05, 0.1) is 25.4 Å². The van der Waals surface area contributed by atoms with Crippen LogP contribution in [0.15, 0.2) is 54.6 Å². The van der Waals surface area contributed by atoms with E-state index in [9.17, 15) is 4.79 Å². The highest BCUT2D eigenvalue weighted by molar-refractivity contribution is 5.81. The van der Waals surface area contributed by atoms with Gasteiger partial charge in [0.2, 0.25) is 5.91 Å². The van der Waals surface area contributed by atoms with Gasteiger partial charge < -0.3 is 15.4 Å². The maximum absolute atomic E-state index is 12.1. The molecule has 1 amide bonds. The minimum absolute atomic E-state index is 0.0353. The standard InChI is InChI=1S/C18H22N2O2/c1-3-15(14-9-5-4-6-10-14)20-18(21)13-19-16-11-7-8-12-17(16)22-2/h4-12,15,19H,3,13H2,1-2H3,(H,20,21). The number of para-hydroxylation sites is 2. The van der Waals surface area contributed by atoms with E-state index in [1.807, 2.05) is 54.6 Å². The van der Waals surface area contributed by atoms with Gasteiger partial charge in [-0.2, -0.15) is 0 Å². The average Bonchev–Trinajstić information content (AvgIpc) is 2.58. The van der Waals surface area contributed by atoms with Gasteiger partial charge >= 0.3 is 0 Å². The Bertz CT molecular complexity index is 599. The first-order valence-electron chi connectivity index (χ1n) is 7.45. The highest BCUT2D eigenvalue weighted by Crippen LogP contribution is 2.22. The molecule has 1 unspecified atom stereocenters. The van der Waals surface area contributed by atoms with E-state index in [1.165, 1.54) is 0 Å². The van der Waals surface area contributed by atoms with E-state index in [0.717, 1.165) is 23.4 Å². The lowest BCUT2D eigenvalue weighted by Crippen LogP contribution is -2.33. The van der Waals surface area contributed by atoms with Crippen LogP contribution in [-0.2, 0) is 4.79 Å². The van der Waals surface area contributed by atoms with Gasteiger partial charge in [-0.3, -0.25) is 4.79 Å². The van der Waals surface area contributed by atoms with Gasteiger partial charge in [0.1, 0.15) is 5.75 Å². The molecule has 0 spiro atoms. The minimum Gasteiger partial charge on any atom is -0.495 e. The van der Waals surface area contributed by atoms with E-state index in [1.54, 1.807) is 7.11 Å². The molecule has 4 nitrogen and oxygen atoms in total. The van der Waals surface area contributed by atoms with Crippen molar-refractivity contribution in [3.8, 4) is 5.75 Å². The lowest BCUT2D eigenvalue weighted by atomic mass is 10.0. The second-order valence-electron chi connectivity index (χ2n) is 4.99. The minimum atomic E-state index is -0.0402. The summed E-state index contributed by atoms with van der Waals surface area (Å²) in [5, 5.41) is 6.16. The van der Waals surface area contributed by atoms with Crippen molar-refractivity contribution in [1.29, 1.82) is 0 Å². The summed E-state index contributed by atoms with van der Waals surface area (Å²) >= 11 is 0. The van der Waals surface area contributed by atoms with Crippen molar-refractivity contribution in [2.24, 2.45) is 0 Å². The molecule has 2 aromatic rings. The first-order valence-corrected chi connectivity index (χ1v) is 7.45. The Morgan fingerprint density at radius 2 is 1.77 bits per heavy atom. The van der Waals surface area contributed by atoms with Gasteiger partial charge in [0.25, 0.3) is 0 Å². The molecule has 0 heterocycles. The van der Waals surface area contributed by atoms with E-state index >= 15 is 0 Å². The highest BCUT2D eigenvalue weighted by Gasteiger charge is 2.12. The first kappa shape index (κ1) is 15.9.